The molecule has 1 heterocycles. The van der Waals surface area contributed by atoms with E-state index < -0.39 is 27.8 Å². The Kier molecular flexibility index (Phi) is 3.82. The van der Waals surface area contributed by atoms with Gasteiger partial charge in [0.25, 0.3) is 10.0 Å². The number of hydrogen-bond acceptors (Lipinski definition) is 3. The third kappa shape index (κ3) is 4.00. The fourth-order valence-electron chi connectivity index (χ4n) is 0.990. The SMILES string of the molecule is CC(C)n1cnc(S(=O)(=O)NCC(F)(F)F)c1. The topological polar surface area (TPSA) is 64.0 Å². The maximum atomic E-state index is 11.9. The summed E-state index contributed by atoms with van der Waals surface area (Å²) in [4.78, 5) is 3.55. The van der Waals surface area contributed by atoms with Crippen LogP contribution in [0.4, 0.5) is 13.2 Å². The third-order valence-corrected chi connectivity index (χ3v) is 3.20. The molecule has 0 bridgehead atoms. The molecule has 0 radical (unpaired) electrons. The van der Waals surface area contributed by atoms with E-state index in [2.05, 4.69) is 4.98 Å². The Labute approximate surface area is 96.7 Å². The van der Waals surface area contributed by atoms with Crippen LogP contribution in [0.3, 0.4) is 0 Å². The number of imidazole rings is 1. The highest BCUT2D eigenvalue weighted by Crippen LogP contribution is 2.15. The summed E-state index contributed by atoms with van der Waals surface area (Å²) in [6, 6.07) is -0.0194. The average molecular weight is 271 g/mol. The van der Waals surface area contributed by atoms with Gasteiger partial charge in [0.1, 0.15) is 6.54 Å². The Morgan fingerprint density at radius 2 is 2.06 bits per heavy atom. The number of rotatable bonds is 4. The quantitative estimate of drug-likeness (QED) is 0.898. The monoisotopic (exact) mass is 271 g/mol. The number of alkyl halides is 3. The molecule has 0 aromatic carbocycles. The first kappa shape index (κ1) is 14.0. The van der Waals surface area contributed by atoms with Crippen molar-refractivity contribution in [2.24, 2.45) is 0 Å². The second-order valence-electron chi connectivity index (χ2n) is 3.69. The molecule has 0 saturated carbocycles. The summed E-state index contributed by atoms with van der Waals surface area (Å²) in [7, 11) is -4.21. The molecule has 0 unspecified atom stereocenters. The molecule has 17 heavy (non-hydrogen) atoms. The van der Waals surface area contributed by atoms with Gasteiger partial charge in [-0.1, -0.05) is 0 Å². The van der Waals surface area contributed by atoms with E-state index in [1.54, 1.807) is 13.8 Å². The summed E-state index contributed by atoms with van der Waals surface area (Å²) >= 11 is 0. The van der Waals surface area contributed by atoms with Gasteiger partial charge in [-0.25, -0.2) is 18.1 Å². The van der Waals surface area contributed by atoms with Crippen molar-refractivity contribution in [3.8, 4) is 0 Å². The molecule has 1 N–H and O–H groups in total. The Hall–Kier alpha value is -1.09. The Balaban J connectivity index is 2.83. The second-order valence-corrected chi connectivity index (χ2v) is 5.41. The summed E-state index contributed by atoms with van der Waals surface area (Å²) in [5, 5.41) is -0.421. The lowest BCUT2D eigenvalue weighted by Gasteiger charge is -2.07. The molecule has 0 fully saturated rings. The second kappa shape index (κ2) is 4.65. The maximum absolute atomic E-state index is 11.9. The van der Waals surface area contributed by atoms with Crippen LogP contribution in [0.2, 0.25) is 0 Å². The van der Waals surface area contributed by atoms with Crippen LogP contribution < -0.4 is 4.72 Å². The minimum atomic E-state index is -4.59. The zero-order valence-corrected chi connectivity index (χ0v) is 10.0. The number of nitrogens with zero attached hydrogens (tertiary/aromatic N) is 2. The lowest BCUT2D eigenvalue weighted by Crippen LogP contribution is -2.33. The van der Waals surface area contributed by atoms with Crippen LogP contribution in [0.5, 0.6) is 0 Å². The molecule has 9 heteroatoms. The third-order valence-electron chi connectivity index (χ3n) is 1.91. The number of nitrogens with one attached hydrogen (secondary N) is 1. The predicted molar refractivity (Wildman–Crippen MR) is 53.9 cm³/mol. The lowest BCUT2D eigenvalue weighted by molar-refractivity contribution is -0.121. The van der Waals surface area contributed by atoms with Crippen molar-refractivity contribution in [3.63, 3.8) is 0 Å². The lowest BCUT2D eigenvalue weighted by atomic mass is 10.4. The maximum Gasteiger partial charge on any atom is 0.402 e. The molecule has 1 aromatic heterocycles. The van der Waals surface area contributed by atoms with Gasteiger partial charge in [-0.3, -0.25) is 0 Å². The molecule has 0 aliphatic carbocycles. The standard InChI is InChI=1S/C8H12F3N3O2S/c1-6(2)14-3-7(12-5-14)17(15,16)13-4-8(9,10)11/h3,5-6,13H,4H2,1-2H3. The number of sulfonamides is 1. The van der Waals surface area contributed by atoms with Gasteiger partial charge >= 0.3 is 6.18 Å². The summed E-state index contributed by atoms with van der Waals surface area (Å²) < 4.78 is 61.4. The molecule has 0 atom stereocenters. The van der Waals surface area contributed by atoms with E-state index in [0.29, 0.717) is 0 Å². The molecule has 5 nitrogen and oxygen atoms in total. The summed E-state index contributed by atoms with van der Waals surface area (Å²) in [5.41, 5.74) is 0. The molecule has 0 saturated heterocycles. The van der Waals surface area contributed by atoms with Crippen molar-refractivity contribution in [2.75, 3.05) is 6.54 Å². The normalized spacial score (nSPS) is 13.3. The smallest absolute Gasteiger partial charge is 0.334 e. The van der Waals surface area contributed by atoms with Gasteiger partial charge in [0.05, 0.1) is 6.33 Å². The van der Waals surface area contributed by atoms with Gasteiger partial charge in [0.15, 0.2) is 5.03 Å². The first-order chi connectivity index (χ1) is 7.62. The van der Waals surface area contributed by atoms with E-state index in [-0.39, 0.29) is 6.04 Å². The summed E-state index contributed by atoms with van der Waals surface area (Å²) in [5.74, 6) is 0. The molecule has 0 amide bonds. The van der Waals surface area contributed by atoms with E-state index in [1.165, 1.54) is 21.8 Å². The first-order valence-electron chi connectivity index (χ1n) is 4.72. The molecule has 0 aliphatic rings. The number of aromatic nitrogens is 2. The van der Waals surface area contributed by atoms with Gasteiger partial charge in [0.2, 0.25) is 0 Å². The van der Waals surface area contributed by atoms with Crippen LogP contribution in [0.15, 0.2) is 17.6 Å². The van der Waals surface area contributed by atoms with Gasteiger partial charge in [-0.15, -0.1) is 0 Å². The van der Waals surface area contributed by atoms with Crippen molar-refractivity contribution in [2.45, 2.75) is 31.1 Å². The van der Waals surface area contributed by atoms with E-state index in [4.69, 9.17) is 0 Å². The number of halogens is 3. The summed E-state index contributed by atoms with van der Waals surface area (Å²) in [6.45, 7) is 1.98. The van der Waals surface area contributed by atoms with Crippen molar-refractivity contribution in [1.29, 1.82) is 0 Å². The van der Waals surface area contributed by atoms with Crippen molar-refractivity contribution in [3.05, 3.63) is 12.5 Å². The highest BCUT2D eigenvalue weighted by atomic mass is 32.2. The van der Waals surface area contributed by atoms with E-state index in [1.807, 2.05) is 0 Å². The van der Waals surface area contributed by atoms with Gasteiger partial charge in [0, 0.05) is 12.2 Å². The Morgan fingerprint density at radius 1 is 1.47 bits per heavy atom. The zero-order valence-electron chi connectivity index (χ0n) is 9.19. The molecule has 1 rings (SSSR count). The minimum Gasteiger partial charge on any atom is -0.334 e. The van der Waals surface area contributed by atoms with E-state index >= 15 is 0 Å². The average Bonchev–Trinajstić information content (AvgIpc) is 2.63. The Morgan fingerprint density at radius 3 is 2.47 bits per heavy atom. The summed E-state index contributed by atoms with van der Waals surface area (Å²) in [6.07, 6.45) is -2.15. The van der Waals surface area contributed by atoms with Crippen LogP contribution in [-0.4, -0.2) is 30.7 Å². The number of hydrogen-bond donors (Lipinski definition) is 1. The van der Waals surface area contributed by atoms with Gasteiger partial charge in [-0.05, 0) is 13.8 Å². The molecule has 1 aromatic rings. The minimum absolute atomic E-state index is 0.0194. The fraction of sp³-hybridized carbons (Fsp3) is 0.625. The van der Waals surface area contributed by atoms with Crippen LogP contribution in [0.25, 0.3) is 0 Å². The fourth-order valence-corrected chi connectivity index (χ4v) is 1.94. The van der Waals surface area contributed by atoms with Crippen molar-refractivity contribution < 1.29 is 21.6 Å². The molecule has 98 valence electrons. The van der Waals surface area contributed by atoms with Gasteiger partial charge < -0.3 is 4.57 Å². The molecule has 0 aliphatic heterocycles. The zero-order chi connectivity index (χ0) is 13.3. The van der Waals surface area contributed by atoms with Crippen LogP contribution in [0, 0.1) is 0 Å². The molecular weight excluding hydrogens is 259 g/mol. The van der Waals surface area contributed by atoms with E-state index in [0.717, 1.165) is 0 Å². The van der Waals surface area contributed by atoms with Crippen molar-refractivity contribution >= 4 is 10.0 Å². The highest BCUT2D eigenvalue weighted by molar-refractivity contribution is 7.89. The molecule has 0 spiro atoms. The largest absolute Gasteiger partial charge is 0.402 e. The predicted octanol–water partition coefficient (Wildman–Crippen LogP) is 1.30. The van der Waals surface area contributed by atoms with Gasteiger partial charge in [-0.2, -0.15) is 13.2 Å². The van der Waals surface area contributed by atoms with Crippen molar-refractivity contribution in [1.82, 2.24) is 14.3 Å². The highest BCUT2D eigenvalue weighted by Gasteiger charge is 2.30. The van der Waals surface area contributed by atoms with Crippen LogP contribution >= 0.6 is 0 Å². The van der Waals surface area contributed by atoms with Crippen LogP contribution in [0.1, 0.15) is 19.9 Å². The molecular formula is C8H12F3N3O2S. The Bertz CT molecular complexity index is 478. The van der Waals surface area contributed by atoms with Crippen LogP contribution in [-0.2, 0) is 10.0 Å². The first-order valence-corrected chi connectivity index (χ1v) is 6.20. The van der Waals surface area contributed by atoms with E-state index in [9.17, 15) is 21.6 Å².